The highest BCUT2D eigenvalue weighted by molar-refractivity contribution is 5.81. The van der Waals surface area contributed by atoms with Crippen LogP contribution in [0.15, 0.2) is 29.1 Å². The number of primary amides is 1. The van der Waals surface area contributed by atoms with Crippen LogP contribution in [0.4, 0.5) is 0 Å². The maximum Gasteiger partial charge on any atom is 0.255 e. The molecular weight excluding hydrogens is 358 g/mol. The first-order chi connectivity index (χ1) is 13.6. The lowest BCUT2D eigenvalue weighted by molar-refractivity contribution is -0.117. The summed E-state index contributed by atoms with van der Waals surface area (Å²) in [6.07, 6.45) is 4.84. The third-order valence-corrected chi connectivity index (χ3v) is 5.03. The molecule has 1 aromatic heterocycles. The van der Waals surface area contributed by atoms with Crippen LogP contribution in [0, 0.1) is 0 Å². The number of benzene rings is 1. The molecule has 1 fully saturated rings. The Morgan fingerprint density at radius 2 is 2.07 bits per heavy atom. The summed E-state index contributed by atoms with van der Waals surface area (Å²) >= 11 is 0. The van der Waals surface area contributed by atoms with Gasteiger partial charge in [0.1, 0.15) is 5.75 Å². The molecule has 0 spiro atoms. The van der Waals surface area contributed by atoms with Crippen molar-refractivity contribution in [2.24, 2.45) is 5.73 Å². The second kappa shape index (κ2) is 9.71. The van der Waals surface area contributed by atoms with Crippen molar-refractivity contribution in [3.63, 3.8) is 0 Å². The van der Waals surface area contributed by atoms with Gasteiger partial charge in [-0.25, -0.2) is 0 Å². The number of nitrogens with zero attached hydrogens (tertiary/aromatic N) is 1. The van der Waals surface area contributed by atoms with E-state index in [1.807, 2.05) is 31.2 Å². The summed E-state index contributed by atoms with van der Waals surface area (Å²) in [5, 5.41) is 3.87. The van der Waals surface area contributed by atoms with Crippen LogP contribution in [0.1, 0.15) is 38.2 Å². The molecule has 152 valence electrons. The molecule has 1 saturated carbocycles. The Kier molecular flexibility index (Phi) is 7.06. The lowest BCUT2D eigenvalue weighted by Crippen LogP contribution is -2.32. The van der Waals surface area contributed by atoms with E-state index in [0.29, 0.717) is 25.3 Å². The molecule has 1 aromatic carbocycles. The zero-order chi connectivity index (χ0) is 19.9. The molecule has 1 aliphatic rings. The summed E-state index contributed by atoms with van der Waals surface area (Å²) in [6, 6.07) is 7.75. The van der Waals surface area contributed by atoms with Crippen LogP contribution in [-0.4, -0.2) is 36.3 Å². The molecule has 0 aliphatic heterocycles. The van der Waals surface area contributed by atoms with Crippen LogP contribution < -0.4 is 21.3 Å². The fourth-order valence-corrected chi connectivity index (χ4v) is 3.65. The van der Waals surface area contributed by atoms with Crippen molar-refractivity contribution in [3.8, 4) is 5.75 Å². The minimum absolute atomic E-state index is 0.0323. The van der Waals surface area contributed by atoms with Crippen LogP contribution in [0.5, 0.6) is 5.75 Å². The van der Waals surface area contributed by atoms with Gasteiger partial charge in [0.15, 0.2) is 0 Å². The molecule has 3 N–H and O–H groups in total. The van der Waals surface area contributed by atoms with Gasteiger partial charge in [0.2, 0.25) is 5.91 Å². The summed E-state index contributed by atoms with van der Waals surface area (Å²) < 4.78 is 13.3. The van der Waals surface area contributed by atoms with E-state index in [1.165, 1.54) is 12.8 Å². The predicted molar refractivity (Wildman–Crippen MR) is 108 cm³/mol. The van der Waals surface area contributed by atoms with Gasteiger partial charge in [0.25, 0.3) is 5.56 Å². The second-order valence-electron chi connectivity index (χ2n) is 7.14. The van der Waals surface area contributed by atoms with Gasteiger partial charge in [-0.2, -0.15) is 0 Å². The monoisotopic (exact) mass is 387 g/mol. The van der Waals surface area contributed by atoms with Crippen molar-refractivity contribution < 1.29 is 14.3 Å². The van der Waals surface area contributed by atoms with Crippen molar-refractivity contribution in [2.45, 2.75) is 51.8 Å². The molecule has 0 radical (unpaired) electrons. The minimum atomic E-state index is -0.453. The number of carbonyl (C=O) groups excluding carboxylic acids is 1. The van der Waals surface area contributed by atoms with Crippen LogP contribution in [0.2, 0.25) is 0 Å². The van der Waals surface area contributed by atoms with E-state index >= 15 is 0 Å². The van der Waals surface area contributed by atoms with E-state index in [-0.39, 0.29) is 24.8 Å². The number of ether oxygens (including phenoxy) is 2. The fraction of sp³-hybridized carbons (Fsp3) is 0.524. The molecule has 0 saturated heterocycles. The van der Waals surface area contributed by atoms with Gasteiger partial charge in [-0.1, -0.05) is 0 Å². The Balaban J connectivity index is 1.92. The highest BCUT2D eigenvalue weighted by Gasteiger charge is 2.17. The lowest BCUT2D eigenvalue weighted by atomic mass is 10.1. The molecule has 28 heavy (non-hydrogen) atoms. The average Bonchev–Trinajstić information content (AvgIpc) is 3.17. The average molecular weight is 387 g/mol. The first kappa shape index (κ1) is 20.4. The molecule has 1 amide bonds. The molecule has 0 atom stereocenters. The number of nitrogens with two attached hydrogens (primary N) is 1. The lowest BCUT2D eigenvalue weighted by Gasteiger charge is -2.17. The number of hydrogen-bond acceptors (Lipinski definition) is 5. The molecule has 0 bridgehead atoms. The number of fused-ring (bicyclic) bond motifs is 1. The van der Waals surface area contributed by atoms with Gasteiger partial charge in [0, 0.05) is 31.3 Å². The maximum atomic E-state index is 13.0. The summed E-state index contributed by atoms with van der Waals surface area (Å²) in [5.41, 5.74) is 6.49. The van der Waals surface area contributed by atoms with E-state index in [0.717, 1.165) is 29.5 Å². The van der Waals surface area contributed by atoms with Crippen LogP contribution in [-0.2, 0) is 22.6 Å². The van der Waals surface area contributed by atoms with Gasteiger partial charge < -0.3 is 25.1 Å². The zero-order valence-electron chi connectivity index (χ0n) is 16.4. The molecule has 7 heteroatoms. The van der Waals surface area contributed by atoms with Crippen molar-refractivity contribution in [1.82, 2.24) is 9.88 Å². The molecule has 1 aliphatic carbocycles. The van der Waals surface area contributed by atoms with Crippen molar-refractivity contribution in [3.05, 3.63) is 40.2 Å². The van der Waals surface area contributed by atoms with Gasteiger partial charge in [0.05, 0.1) is 24.8 Å². The van der Waals surface area contributed by atoms with E-state index < -0.39 is 5.91 Å². The van der Waals surface area contributed by atoms with Gasteiger partial charge in [-0.05, 0) is 56.2 Å². The topological polar surface area (TPSA) is 95.6 Å². The summed E-state index contributed by atoms with van der Waals surface area (Å²) in [6.45, 7) is 3.76. The van der Waals surface area contributed by atoms with Crippen LogP contribution in [0.25, 0.3) is 10.9 Å². The first-order valence-electron chi connectivity index (χ1n) is 9.98. The van der Waals surface area contributed by atoms with Gasteiger partial charge >= 0.3 is 0 Å². The summed E-state index contributed by atoms with van der Waals surface area (Å²) in [5.74, 6) is 0.342. The standard InChI is InChI=1S/C21H29N3O4/c1-2-27-10-9-24-19-12-18(28-17-5-3-4-6-17)8-7-15(19)11-16(21(24)26)13-23-14-20(22)25/h7-8,11-12,17,23H,2-6,9-10,13-14H2,1H3,(H2,22,25). The Hall–Kier alpha value is -2.38. The quantitative estimate of drug-likeness (QED) is 0.608. The molecule has 2 aromatic rings. The number of amides is 1. The highest BCUT2D eigenvalue weighted by atomic mass is 16.5. The second-order valence-corrected chi connectivity index (χ2v) is 7.14. The predicted octanol–water partition coefficient (Wildman–Crippen LogP) is 1.93. The Labute approximate surface area is 164 Å². The Morgan fingerprint density at radius 3 is 2.79 bits per heavy atom. The smallest absolute Gasteiger partial charge is 0.255 e. The van der Waals surface area contributed by atoms with Crippen molar-refractivity contribution in [1.29, 1.82) is 0 Å². The molecule has 0 unspecified atom stereocenters. The summed E-state index contributed by atoms with van der Waals surface area (Å²) in [7, 11) is 0. The summed E-state index contributed by atoms with van der Waals surface area (Å²) in [4.78, 5) is 24.0. The third kappa shape index (κ3) is 5.11. The number of aromatic nitrogens is 1. The highest BCUT2D eigenvalue weighted by Crippen LogP contribution is 2.26. The van der Waals surface area contributed by atoms with Crippen LogP contribution in [0.3, 0.4) is 0 Å². The fourth-order valence-electron chi connectivity index (χ4n) is 3.65. The van der Waals surface area contributed by atoms with Crippen molar-refractivity contribution >= 4 is 16.8 Å². The molecule has 1 heterocycles. The van der Waals surface area contributed by atoms with E-state index in [1.54, 1.807) is 4.57 Å². The molecule has 3 rings (SSSR count). The number of pyridine rings is 1. The molecular formula is C21H29N3O4. The maximum absolute atomic E-state index is 13.0. The van der Waals surface area contributed by atoms with E-state index in [2.05, 4.69) is 5.32 Å². The largest absolute Gasteiger partial charge is 0.490 e. The molecule has 7 nitrogen and oxygen atoms in total. The van der Waals surface area contributed by atoms with E-state index in [4.69, 9.17) is 15.2 Å². The van der Waals surface area contributed by atoms with Crippen LogP contribution >= 0.6 is 0 Å². The van der Waals surface area contributed by atoms with Crippen molar-refractivity contribution in [2.75, 3.05) is 19.8 Å². The normalized spacial score (nSPS) is 14.6. The Bertz CT molecular complexity index is 872. The van der Waals surface area contributed by atoms with E-state index in [9.17, 15) is 9.59 Å². The zero-order valence-corrected chi connectivity index (χ0v) is 16.4. The van der Waals surface area contributed by atoms with Gasteiger partial charge in [-0.3, -0.25) is 9.59 Å². The number of nitrogens with one attached hydrogen (secondary N) is 1. The van der Waals surface area contributed by atoms with Gasteiger partial charge in [-0.15, -0.1) is 0 Å². The number of rotatable bonds is 10. The number of carbonyl (C=O) groups is 1. The minimum Gasteiger partial charge on any atom is -0.490 e. The SMILES string of the molecule is CCOCCn1c(=O)c(CNCC(N)=O)cc2ccc(OC3CCCC3)cc21. The Morgan fingerprint density at radius 1 is 1.29 bits per heavy atom. The third-order valence-electron chi connectivity index (χ3n) is 5.03. The first-order valence-corrected chi connectivity index (χ1v) is 9.98. The number of hydrogen-bond donors (Lipinski definition) is 2.